The van der Waals surface area contributed by atoms with Gasteiger partial charge in [-0.15, -0.1) is 10.2 Å². The van der Waals surface area contributed by atoms with Crippen LogP contribution in [0.5, 0.6) is 0 Å². The monoisotopic (exact) mass is 386 g/mol. The summed E-state index contributed by atoms with van der Waals surface area (Å²) in [6.07, 6.45) is 1.47. The lowest BCUT2D eigenvalue weighted by atomic mass is 9.97. The van der Waals surface area contributed by atoms with Crippen molar-refractivity contribution in [3.8, 4) is 6.07 Å². The topological polar surface area (TPSA) is 104 Å². The first kappa shape index (κ1) is 18.1. The number of hydrogen-bond donors (Lipinski definition) is 1. The van der Waals surface area contributed by atoms with Crippen LogP contribution < -0.4 is 5.32 Å². The Morgan fingerprint density at radius 3 is 2.70 bits per heavy atom. The van der Waals surface area contributed by atoms with E-state index in [1.807, 2.05) is 6.07 Å². The zero-order valence-electron chi connectivity index (χ0n) is 15.2. The molecule has 3 heterocycles. The van der Waals surface area contributed by atoms with Crippen LogP contribution in [0.25, 0.3) is 0 Å². The number of fused-ring (bicyclic) bond motifs is 1. The highest BCUT2D eigenvalue weighted by atomic mass is 32.2. The second-order valence-electron chi connectivity index (χ2n) is 7.07. The van der Waals surface area contributed by atoms with Gasteiger partial charge in [-0.2, -0.15) is 9.57 Å². The number of sulfonamides is 1. The zero-order chi connectivity index (χ0) is 19.0. The van der Waals surface area contributed by atoms with Crippen molar-refractivity contribution in [2.75, 3.05) is 19.6 Å². The molecule has 142 valence electrons. The van der Waals surface area contributed by atoms with Crippen LogP contribution in [0.2, 0.25) is 0 Å². The molecule has 0 bridgehead atoms. The summed E-state index contributed by atoms with van der Waals surface area (Å²) in [5.41, 5.74) is 1.08. The van der Waals surface area contributed by atoms with Crippen molar-refractivity contribution in [1.29, 1.82) is 5.26 Å². The Morgan fingerprint density at radius 1 is 1.22 bits per heavy atom. The number of aryl methyl sites for hydroxylation is 1. The van der Waals surface area contributed by atoms with Gasteiger partial charge >= 0.3 is 0 Å². The molecule has 0 atom stereocenters. The minimum Gasteiger partial charge on any atom is -0.312 e. The van der Waals surface area contributed by atoms with Crippen LogP contribution >= 0.6 is 0 Å². The van der Waals surface area contributed by atoms with Gasteiger partial charge in [0.2, 0.25) is 10.0 Å². The van der Waals surface area contributed by atoms with Gasteiger partial charge in [0, 0.05) is 32.1 Å². The first-order chi connectivity index (χ1) is 13.0. The van der Waals surface area contributed by atoms with E-state index in [4.69, 9.17) is 5.26 Å². The van der Waals surface area contributed by atoms with Crippen LogP contribution in [-0.2, 0) is 23.1 Å². The molecule has 2 aromatic rings. The molecule has 27 heavy (non-hydrogen) atoms. The SMILES string of the molecule is Cc1cc(C#N)ccc1S(=O)(=O)N1CCC(c2nnc3n2CCNC3)CC1. The maximum Gasteiger partial charge on any atom is 0.243 e. The van der Waals surface area contributed by atoms with Gasteiger partial charge in [-0.05, 0) is 43.5 Å². The lowest BCUT2D eigenvalue weighted by molar-refractivity contribution is 0.307. The standard InChI is InChI=1S/C18H22N6O2S/c1-13-10-14(11-19)2-3-16(13)27(25,26)23-7-4-15(5-8-23)18-22-21-17-12-20-6-9-24(17)18/h2-3,10,15,20H,4-9,12H2,1H3. The van der Waals surface area contributed by atoms with Crippen molar-refractivity contribution in [1.82, 2.24) is 24.4 Å². The molecule has 8 nitrogen and oxygen atoms in total. The van der Waals surface area contributed by atoms with E-state index < -0.39 is 10.0 Å². The first-order valence-electron chi connectivity index (χ1n) is 9.14. The van der Waals surface area contributed by atoms with Gasteiger partial charge in [0.1, 0.15) is 11.6 Å². The van der Waals surface area contributed by atoms with Crippen molar-refractivity contribution in [3.05, 3.63) is 41.0 Å². The highest BCUT2D eigenvalue weighted by Gasteiger charge is 2.33. The predicted molar refractivity (Wildman–Crippen MR) is 98.4 cm³/mol. The van der Waals surface area contributed by atoms with Crippen LogP contribution in [-0.4, -0.2) is 47.1 Å². The average molecular weight is 386 g/mol. The summed E-state index contributed by atoms with van der Waals surface area (Å²) in [7, 11) is -3.56. The first-order valence-corrected chi connectivity index (χ1v) is 10.6. The molecule has 0 radical (unpaired) electrons. The number of nitriles is 1. The molecule has 1 saturated heterocycles. The van der Waals surface area contributed by atoms with E-state index >= 15 is 0 Å². The maximum atomic E-state index is 13.0. The van der Waals surface area contributed by atoms with Crippen molar-refractivity contribution in [3.63, 3.8) is 0 Å². The van der Waals surface area contributed by atoms with E-state index in [2.05, 4.69) is 20.1 Å². The number of nitrogens with zero attached hydrogens (tertiary/aromatic N) is 5. The fraction of sp³-hybridized carbons (Fsp3) is 0.500. The second-order valence-corrected chi connectivity index (χ2v) is 8.98. The molecule has 1 fully saturated rings. The molecule has 4 rings (SSSR count). The van der Waals surface area contributed by atoms with E-state index in [9.17, 15) is 8.42 Å². The number of aromatic nitrogens is 3. The van der Waals surface area contributed by atoms with Crippen molar-refractivity contribution < 1.29 is 8.42 Å². The molecule has 0 amide bonds. The summed E-state index contributed by atoms with van der Waals surface area (Å²) in [6.45, 7) is 5.17. The Balaban J connectivity index is 1.50. The molecular weight excluding hydrogens is 364 g/mol. The smallest absolute Gasteiger partial charge is 0.243 e. The fourth-order valence-electron chi connectivity index (χ4n) is 3.92. The molecule has 1 aromatic carbocycles. The highest BCUT2D eigenvalue weighted by Crippen LogP contribution is 2.31. The summed E-state index contributed by atoms with van der Waals surface area (Å²) in [5.74, 6) is 2.18. The summed E-state index contributed by atoms with van der Waals surface area (Å²) >= 11 is 0. The zero-order valence-corrected chi connectivity index (χ0v) is 16.0. The largest absolute Gasteiger partial charge is 0.312 e. The molecule has 0 saturated carbocycles. The number of benzene rings is 1. The number of hydrogen-bond acceptors (Lipinski definition) is 6. The molecule has 2 aliphatic rings. The molecular formula is C18H22N6O2S. The van der Waals surface area contributed by atoms with Crippen molar-refractivity contribution >= 4 is 10.0 Å². The van der Waals surface area contributed by atoms with Gasteiger partial charge in [-0.1, -0.05) is 0 Å². The van der Waals surface area contributed by atoms with E-state index in [0.29, 0.717) is 24.2 Å². The normalized spacial score (nSPS) is 18.8. The third-order valence-electron chi connectivity index (χ3n) is 5.39. The fourth-order valence-corrected chi connectivity index (χ4v) is 5.59. The van der Waals surface area contributed by atoms with Gasteiger partial charge in [-0.25, -0.2) is 8.42 Å². The Hall–Kier alpha value is -2.28. The molecule has 2 aliphatic heterocycles. The average Bonchev–Trinajstić information content (AvgIpc) is 3.12. The van der Waals surface area contributed by atoms with Crippen LogP contribution in [0.4, 0.5) is 0 Å². The molecule has 1 N–H and O–H groups in total. The molecule has 0 unspecified atom stereocenters. The molecule has 9 heteroatoms. The Bertz CT molecular complexity index is 999. The van der Waals surface area contributed by atoms with E-state index in [1.54, 1.807) is 23.4 Å². The quantitative estimate of drug-likeness (QED) is 0.848. The Labute approximate surface area is 158 Å². The minimum absolute atomic E-state index is 0.234. The third kappa shape index (κ3) is 3.25. The molecule has 0 spiro atoms. The van der Waals surface area contributed by atoms with Crippen molar-refractivity contribution in [2.45, 2.75) is 43.7 Å². The Morgan fingerprint density at radius 2 is 2.00 bits per heavy atom. The van der Waals surface area contributed by atoms with Gasteiger partial charge in [0.25, 0.3) is 0 Å². The number of rotatable bonds is 3. The summed E-state index contributed by atoms with van der Waals surface area (Å²) in [6, 6.07) is 6.76. The lowest BCUT2D eigenvalue weighted by Gasteiger charge is -2.31. The summed E-state index contributed by atoms with van der Waals surface area (Å²) < 4.78 is 29.8. The van der Waals surface area contributed by atoms with Crippen LogP contribution in [0, 0.1) is 18.3 Å². The third-order valence-corrected chi connectivity index (χ3v) is 7.45. The summed E-state index contributed by atoms with van der Waals surface area (Å²) in [4.78, 5) is 0.283. The van der Waals surface area contributed by atoms with Crippen LogP contribution in [0.3, 0.4) is 0 Å². The van der Waals surface area contributed by atoms with Gasteiger partial charge in [-0.3, -0.25) is 0 Å². The molecule has 0 aliphatic carbocycles. The Kier molecular flexibility index (Phi) is 4.72. The van der Waals surface area contributed by atoms with Crippen molar-refractivity contribution in [2.24, 2.45) is 0 Å². The lowest BCUT2D eigenvalue weighted by Crippen LogP contribution is -2.39. The predicted octanol–water partition coefficient (Wildman–Crippen LogP) is 1.13. The molecule has 1 aromatic heterocycles. The van der Waals surface area contributed by atoms with Gasteiger partial charge in [0.15, 0.2) is 0 Å². The minimum atomic E-state index is -3.56. The van der Waals surface area contributed by atoms with E-state index in [1.165, 1.54) is 6.07 Å². The van der Waals surface area contributed by atoms with Gasteiger partial charge < -0.3 is 9.88 Å². The van der Waals surface area contributed by atoms with Gasteiger partial charge in [0.05, 0.1) is 23.1 Å². The number of nitrogens with one attached hydrogen (secondary N) is 1. The van der Waals surface area contributed by atoms with E-state index in [0.717, 1.165) is 44.1 Å². The highest BCUT2D eigenvalue weighted by molar-refractivity contribution is 7.89. The maximum absolute atomic E-state index is 13.0. The summed E-state index contributed by atoms with van der Waals surface area (Å²) in [5, 5.41) is 20.9. The second kappa shape index (κ2) is 7.03. The van der Waals surface area contributed by atoms with E-state index in [-0.39, 0.29) is 10.8 Å². The van der Waals surface area contributed by atoms with Crippen LogP contribution in [0.15, 0.2) is 23.1 Å². The number of piperidine rings is 1. The van der Waals surface area contributed by atoms with Crippen LogP contribution in [0.1, 0.15) is 41.5 Å².